The molecule has 0 bridgehead atoms. The number of rotatable bonds is 7. The zero-order valence-electron chi connectivity index (χ0n) is 11.0. The molecule has 0 radical (unpaired) electrons. The third-order valence-corrected chi connectivity index (χ3v) is 2.99. The molecule has 0 aliphatic carbocycles. The molecule has 0 saturated heterocycles. The molecule has 1 unspecified atom stereocenters. The maximum absolute atomic E-state index is 5.32. The highest BCUT2D eigenvalue weighted by Gasteiger charge is 2.06. The number of terminal acetylenes is 1. The van der Waals surface area contributed by atoms with Crippen molar-refractivity contribution in [2.45, 2.75) is 45.6 Å². The van der Waals surface area contributed by atoms with Crippen LogP contribution in [0.5, 0.6) is 0 Å². The third-order valence-electron chi connectivity index (χ3n) is 2.99. The molecule has 0 saturated carbocycles. The zero-order chi connectivity index (χ0) is 12.5. The van der Waals surface area contributed by atoms with E-state index < -0.39 is 0 Å². The van der Waals surface area contributed by atoms with Gasteiger partial charge in [-0.1, -0.05) is 36.8 Å². The lowest BCUT2D eigenvalue weighted by molar-refractivity contribution is 0.469. The predicted octanol–water partition coefficient (Wildman–Crippen LogP) is 3.32. The smallest absolute Gasteiger partial charge is 0.0101 e. The second kappa shape index (κ2) is 7.92. The van der Waals surface area contributed by atoms with Crippen LogP contribution in [0.15, 0.2) is 24.3 Å². The van der Waals surface area contributed by atoms with E-state index in [0.29, 0.717) is 6.04 Å². The van der Waals surface area contributed by atoms with E-state index in [1.165, 1.54) is 17.5 Å². The summed E-state index contributed by atoms with van der Waals surface area (Å²) in [7, 11) is 0. The molecule has 0 heterocycles. The standard InChI is InChI=1S/C16H23N/c1-4-6-10-16(17-5-2)12-11-15-9-7-8-14(3)13-15/h1,7-9,13,16-17H,5-6,10-12H2,2-3H3. The number of hydrogen-bond acceptors (Lipinski definition) is 1. The summed E-state index contributed by atoms with van der Waals surface area (Å²) in [4.78, 5) is 0. The van der Waals surface area contributed by atoms with Gasteiger partial charge in [0.2, 0.25) is 0 Å². The van der Waals surface area contributed by atoms with Gasteiger partial charge in [0.1, 0.15) is 0 Å². The van der Waals surface area contributed by atoms with Gasteiger partial charge in [-0.3, -0.25) is 0 Å². The number of hydrogen-bond donors (Lipinski definition) is 1. The molecular weight excluding hydrogens is 206 g/mol. The minimum atomic E-state index is 0.552. The highest BCUT2D eigenvalue weighted by Crippen LogP contribution is 2.10. The topological polar surface area (TPSA) is 12.0 Å². The number of aryl methyl sites for hydroxylation is 2. The van der Waals surface area contributed by atoms with E-state index in [-0.39, 0.29) is 0 Å². The predicted molar refractivity (Wildman–Crippen MR) is 75.0 cm³/mol. The van der Waals surface area contributed by atoms with Gasteiger partial charge in [0.25, 0.3) is 0 Å². The summed E-state index contributed by atoms with van der Waals surface area (Å²) in [5, 5.41) is 3.51. The van der Waals surface area contributed by atoms with E-state index in [1.54, 1.807) is 0 Å². The highest BCUT2D eigenvalue weighted by atomic mass is 14.9. The van der Waals surface area contributed by atoms with Crippen molar-refractivity contribution >= 4 is 0 Å². The first kappa shape index (κ1) is 13.8. The van der Waals surface area contributed by atoms with Gasteiger partial charge in [-0.2, -0.15) is 0 Å². The Morgan fingerprint density at radius 2 is 2.18 bits per heavy atom. The van der Waals surface area contributed by atoms with Crippen LogP contribution >= 0.6 is 0 Å². The maximum atomic E-state index is 5.32. The second-order valence-corrected chi connectivity index (χ2v) is 4.53. The average Bonchev–Trinajstić information content (AvgIpc) is 2.33. The molecule has 0 spiro atoms. The first-order chi connectivity index (χ1) is 8.26. The summed E-state index contributed by atoms with van der Waals surface area (Å²) in [6.07, 6.45) is 9.56. The largest absolute Gasteiger partial charge is 0.314 e. The first-order valence-corrected chi connectivity index (χ1v) is 6.48. The van der Waals surface area contributed by atoms with Crippen LogP contribution in [0, 0.1) is 19.3 Å². The molecule has 0 amide bonds. The highest BCUT2D eigenvalue weighted by molar-refractivity contribution is 5.22. The average molecular weight is 229 g/mol. The molecule has 1 nitrogen and oxygen atoms in total. The van der Waals surface area contributed by atoms with Crippen molar-refractivity contribution in [3.8, 4) is 12.3 Å². The van der Waals surface area contributed by atoms with Crippen molar-refractivity contribution in [2.24, 2.45) is 0 Å². The Balaban J connectivity index is 2.43. The molecule has 1 aromatic rings. The Bertz CT molecular complexity index is 362. The number of nitrogens with one attached hydrogen (secondary N) is 1. The van der Waals surface area contributed by atoms with Gasteiger partial charge >= 0.3 is 0 Å². The van der Waals surface area contributed by atoms with Crippen molar-refractivity contribution in [1.82, 2.24) is 5.32 Å². The summed E-state index contributed by atoms with van der Waals surface area (Å²) in [5.41, 5.74) is 2.76. The van der Waals surface area contributed by atoms with Crippen LogP contribution in [-0.4, -0.2) is 12.6 Å². The van der Waals surface area contributed by atoms with E-state index in [4.69, 9.17) is 6.42 Å². The molecule has 1 aromatic carbocycles. The zero-order valence-corrected chi connectivity index (χ0v) is 11.0. The van der Waals surface area contributed by atoms with Crippen molar-refractivity contribution in [2.75, 3.05) is 6.54 Å². The Morgan fingerprint density at radius 3 is 2.82 bits per heavy atom. The molecule has 1 N–H and O–H groups in total. The molecule has 92 valence electrons. The van der Waals surface area contributed by atoms with Gasteiger partial charge in [-0.25, -0.2) is 0 Å². The summed E-state index contributed by atoms with van der Waals surface area (Å²) in [6.45, 7) is 5.31. The Kier molecular flexibility index (Phi) is 6.43. The molecule has 0 fully saturated rings. The van der Waals surface area contributed by atoms with Crippen LogP contribution in [0.1, 0.15) is 37.3 Å². The Hall–Kier alpha value is -1.26. The van der Waals surface area contributed by atoms with Gasteiger partial charge in [-0.15, -0.1) is 12.3 Å². The van der Waals surface area contributed by atoms with Crippen LogP contribution in [0.3, 0.4) is 0 Å². The number of benzene rings is 1. The fourth-order valence-electron chi connectivity index (χ4n) is 2.10. The van der Waals surface area contributed by atoms with Gasteiger partial charge < -0.3 is 5.32 Å². The molecule has 0 aliphatic heterocycles. The van der Waals surface area contributed by atoms with Gasteiger partial charge in [0.15, 0.2) is 0 Å². The monoisotopic (exact) mass is 229 g/mol. The third kappa shape index (κ3) is 5.56. The molecule has 0 aromatic heterocycles. The molecule has 1 atom stereocenters. The minimum absolute atomic E-state index is 0.552. The van der Waals surface area contributed by atoms with E-state index in [9.17, 15) is 0 Å². The summed E-state index contributed by atoms with van der Waals surface area (Å²) in [5.74, 6) is 2.72. The second-order valence-electron chi connectivity index (χ2n) is 4.53. The molecule has 0 aliphatic rings. The maximum Gasteiger partial charge on any atom is 0.0101 e. The van der Waals surface area contributed by atoms with E-state index >= 15 is 0 Å². The van der Waals surface area contributed by atoms with Crippen LogP contribution in [0.25, 0.3) is 0 Å². The van der Waals surface area contributed by atoms with Gasteiger partial charge in [-0.05, 0) is 38.3 Å². The summed E-state index contributed by atoms with van der Waals surface area (Å²) < 4.78 is 0. The van der Waals surface area contributed by atoms with Crippen molar-refractivity contribution in [3.05, 3.63) is 35.4 Å². The van der Waals surface area contributed by atoms with Crippen LogP contribution < -0.4 is 5.32 Å². The molecule has 1 heteroatoms. The SMILES string of the molecule is C#CCCC(CCc1cccc(C)c1)NCC. The van der Waals surface area contributed by atoms with Crippen molar-refractivity contribution < 1.29 is 0 Å². The molecule has 1 rings (SSSR count). The fraction of sp³-hybridized carbons (Fsp3) is 0.500. The summed E-state index contributed by atoms with van der Waals surface area (Å²) in [6, 6.07) is 9.30. The fourth-order valence-corrected chi connectivity index (χ4v) is 2.10. The van der Waals surface area contributed by atoms with Gasteiger partial charge in [0, 0.05) is 12.5 Å². The quantitative estimate of drug-likeness (QED) is 0.707. The lowest BCUT2D eigenvalue weighted by atomic mass is 10.0. The normalized spacial score (nSPS) is 12.1. The summed E-state index contributed by atoms with van der Waals surface area (Å²) >= 11 is 0. The van der Waals surface area contributed by atoms with Gasteiger partial charge in [0.05, 0.1) is 0 Å². The van der Waals surface area contributed by atoms with Crippen molar-refractivity contribution in [1.29, 1.82) is 0 Å². The van der Waals surface area contributed by atoms with Crippen LogP contribution in [0.4, 0.5) is 0 Å². The van der Waals surface area contributed by atoms with Crippen LogP contribution in [-0.2, 0) is 6.42 Å². The first-order valence-electron chi connectivity index (χ1n) is 6.48. The molecular formula is C16H23N. The van der Waals surface area contributed by atoms with Crippen LogP contribution in [0.2, 0.25) is 0 Å². The van der Waals surface area contributed by atoms with Crippen molar-refractivity contribution in [3.63, 3.8) is 0 Å². The van der Waals surface area contributed by atoms with E-state index in [2.05, 4.69) is 49.4 Å². The Labute approximate surface area is 106 Å². The minimum Gasteiger partial charge on any atom is -0.314 e. The van der Waals surface area contributed by atoms with E-state index in [0.717, 1.165) is 25.8 Å². The van der Waals surface area contributed by atoms with E-state index in [1.807, 2.05) is 0 Å². The molecule has 17 heavy (non-hydrogen) atoms. The lowest BCUT2D eigenvalue weighted by Crippen LogP contribution is -2.29. The lowest BCUT2D eigenvalue weighted by Gasteiger charge is -2.16. The Morgan fingerprint density at radius 1 is 1.35 bits per heavy atom.